The van der Waals surface area contributed by atoms with Gasteiger partial charge < -0.3 is 19.7 Å². The summed E-state index contributed by atoms with van der Waals surface area (Å²) in [6.45, 7) is 10.4. The standard InChI is InChI=1S/C15H24N2O2/c1-3-18-10-11-19-14-4-5-15(13(2)12-14)17-8-6-16-7-9-17/h4-5,12,16H,3,6-11H2,1-2H3. The fourth-order valence-electron chi connectivity index (χ4n) is 2.34. The molecule has 0 aliphatic carbocycles. The molecule has 4 heteroatoms. The van der Waals surface area contributed by atoms with Gasteiger partial charge in [-0.05, 0) is 37.6 Å². The lowest BCUT2D eigenvalue weighted by Crippen LogP contribution is -2.43. The van der Waals surface area contributed by atoms with Crippen LogP contribution in [0.4, 0.5) is 5.69 Å². The highest BCUT2D eigenvalue weighted by molar-refractivity contribution is 5.56. The number of rotatable bonds is 6. The van der Waals surface area contributed by atoms with E-state index in [2.05, 4.69) is 35.3 Å². The number of anilines is 1. The first-order valence-electron chi connectivity index (χ1n) is 7.08. The minimum Gasteiger partial charge on any atom is -0.491 e. The zero-order chi connectivity index (χ0) is 13.5. The molecule has 1 N–H and O–H groups in total. The second kappa shape index (κ2) is 7.36. The van der Waals surface area contributed by atoms with Crippen molar-refractivity contribution in [3.8, 4) is 5.75 Å². The van der Waals surface area contributed by atoms with Crippen LogP contribution in [-0.4, -0.2) is 46.0 Å². The number of nitrogens with zero attached hydrogens (tertiary/aromatic N) is 1. The van der Waals surface area contributed by atoms with E-state index in [1.165, 1.54) is 11.3 Å². The first-order chi connectivity index (χ1) is 9.31. The smallest absolute Gasteiger partial charge is 0.119 e. The largest absolute Gasteiger partial charge is 0.491 e. The van der Waals surface area contributed by atoms with Gasteiger partial charge in [0.25, 0.3) is 0 Å². The SMILES string of the molecule is CCOCCOc1ccc(N2CCNCC2)c(C)c1. The average molecular weight is 264 g/mol. The third-order valence-electron chi connectivity index (χ3n) is 3.33. The molecule has 0 aromatic heterocycles. The van der Waals surface area contributed by atoms with Crippen LogP contribution in [0.3, 0.4) is 0 Å². The third-order valence-corrected chi connectivity index (χ3v) is 3.33. The summed E-state index contributed by atoms with van der Waals surface area (Å²) in [6, 6.07) is 6.33. The predicted molar refractivity (Wildman–Crippen MR) is 78.2 cm³/mol. The maximum absolute atomic E-state index is 5.68. The third kappa shape index (κ3) is 4.11. The molecule has 0 bridgehead atoms. The zero-order valence-corrected chi connectivity index (χ0v) is 11.9. The minimum absolute atomic E-state index is 0.611. The van der Waals surface area contributed by atoms with Crippen LogP contribution in [-0.2, 0) is 4.74 Å². The molecule has 1 aliphatic rings. The van der Waals surface area contributed by atoms with E-state index in [0.717, 1.165) is 38.5 Å². The van der Waals surface area contributed by atoms with Gasteiger partial charge >= 0.3 is 0 Å². The Kier molecular flexibility index (Phi) is 5.48. The Balaban J connectivity index is 1.92. The van der Waals surface area contributed by atoms with Crippen molar-refractivity contribution in [2.75, 3.05) is 50.9 Å². The molecule has 1 aromatic carbocycles. The molecule has 0 atom stereocenters. The van der Waals surface area contributed by atoms with Gasteiger partial charge in [0, 0.05) is 38.5 Å². The van der Waals surface area contributed by atoms with Gasteiger partial charge in [-0.3, -0.25) is 0 Å². The van der Waals surface area contributed by atoms with Gasteiger partial charge in [-0.2, -0.15) is 0 Å². The van der Waals surface area contributed by atoms with Crippen molar-refractivity contribution in [2.24, 2.45) is 0 Å². The number of hydrogen-bond acceptors (Lipinski definition) is 4. The summed E-state index contributed by atoms with van der Waals surface area (Å²) in [5.41, 5.74) is 2.59. The Bertz CT molecular complexity index is 390. The number of hydrogen-bond donors (Lipinski definition) is 1. The molecule has 1 saturated heterocycles. The molecule has 4 nitrogen and oxygen atoms in total. The first kappa shape index (κ1) is 14.2. The maximum Gasteiger partial charge on any atom is 0.119 e. The lowest BCUT2D eigenvalue weighted by atomic mass is 10.1. The molecule has 2 rings (SSSR count). The summed E-state index contributed by atoms with van der Waals surface area (Å²) in [6.07, 6.45) is 0. The van der Waals surface area contributed by atoms with E-state index in [1.807, 2.05) is 6.92 Å². The highest BCUT2D eigenvalue weighted by Crippen LogP contribution is 2.25. The molecule has 0 saturated carbocycles. The van der Waals surface area contributed by atoms with Crippen LogP contribution in [0, 0.1) is 6.92 Å². The van der Waals surface area contributed by atoms with Gasteiger partial charge in [-0.1, -0.05) is 0 Å². The summed E-state index contributed by atoms with van der Waals surface area (Å²) < 4.78 is 10.9. The van der Waals surface area contributed by atoms with Crippen molar-refractivity contribution in [3.63, 3.8) is 0 Å². The molecular formula is C15H24N2O2. The van der Waals surface area contributed by atoms with Crippen LogP contribution < -0.4 is 15.0 Å². The second-order valence-corrected chi connectivity index (χ2v) is 4.73. The van der Waals surface area contributed by atoms with Crippen LogP contribution in [0.1, 0.15) is 12.5 Å². The van der Waals surface area contributed by atoms with Gasteiger partial charge in [0.15, 0.2) is 0 Å². The number of piperazine rings is 1. The fraction of sp³-hybridized carbons (Fsp3) is 0.600. The summed E-state index contributed by atoms with van der Waals surface area (Å²) in [5.74, 6) is 0.927. The Labute approximate surface area is 115 Å². The molecule has 1 heterocycles. The van der Waals surface area contributed by atoms with Crippen molar-refractivity contribution in [2.45, 2.75) is 13.8 Å². The topological polar surface area (TPSA) is 33.7 Å². The molecule has 19 heavy (non-hydrogen) atoms. The van der Waals surface area contributed by atoms with Gasteiger partial charge in [-0.25, -0.2) is 0 Å². The van der Waals surface area contributed by atoms with Crippen LogP contribution in [0.2, 0.25) is 0 Å². The molecule has 1 aliphatic heterocycles. The molecule has 0 amide bonds. The van der Waals surface area contributed by atoms with Crippen LogP contribution >= 0.6 is 0 Å². The molecule has 0 spiro atoms. The highest BCUT2D eigenvalue weighted by atomic mass is 16.5. The lowest BCUT2D eigenvalue weighted by Gasteiger charge is -2.30. The molecular weight excluding hydrogens is 240 g/mol. The van der Waals surface area contributed by atoms with Crippen LogP contribution in [0.15, 0.2) is 18.2 Å². The number of ether oxygens (including phenoxy) is 2. The molecule has 1 fully saturated rings. The van der Waals surface area contributed by atoms with Gasteiger partial charge in [0.2, 0.25) is 0 Å². The monoisotopic (exact) mass is 264 g/mol. The van der Waals surface area contributed by atoms with E-state index in [4.69, 9.17) is 9.47 Å². The van der Waals surface area contributed by atoms with Gasteiger partial charge in [0.05, 0.1) is 6.61 Å². The lowest BCUT2D eigenvalue weighted by molar-refractivity contribution is 0.110. The van der Waals surface area contributed by atoms with Crippen LogP contribution in [0.25, 0.3) is 0 Å². The Morgan fingerprint density at radius 2 is 2.00 bits per heavy atom. The van der Waals surface area contributed by atoms with E-state index < -0.39 is 0 Å². The van der Waals surface area contributed by atoms with Crippen molar-refractivity contribution in [3.05, 3.63) is 23.8 Å². The van der Waals surface area contributed by atoms with Crippen molar-refractivity contribution >= 4 is 5.69 Å². The maximum atomic E-state index is 5.68. The Morgan fingerprint density at radius 1 is 1.21 bits per heavy atom. The molecule has 0 radical (unpaired) electrons. The molecule has 0 unspecified atom stereocenters. The normalized spacial score (nSPS) is 15.6. The Morgan fingerprint density at radius 3 is 2.68 bits per heavy atom. The quantitative estimate of drug-likeness (QED) is 0.795. The second-order valence-electron chi connectivity index (χ2n) is 4.73. The summed E-state index contributed by atoms with van der Waals surface area (Å²) in [5, 5.41) is 3.37. The first-order valence-corrected chi connectivity index (χ1v) is 7.08. The van der Waals surface area contributed by atoms with E-state index in [1.54, 1.807) is 0 Å². The van der Waals surface area contributed by atoms with E-state index in [0.29, 0.717) is 13.2 Å². The van der Waals surface area contributed by atoms with Crippen molar-refractivity contribution in [1.29, 1.82) is 0 Å². The summed E-state index contributed by atoms with van der Waals surface area (Å²) >= 11 is 0. The van der Waals surface area contributed by atoms with Crippen molar-refractivity contribution < 1.29 is 9.47 Å². The predicted octanol–water partition coefficient (Wildman–Crippen LogP) is 1.82. The summed E-state index contributed by atoms with van der Waals surface area (Å²) in [4.78, 5) is 2.43. The molecule has 1 aromatic rings. The zero-order valence-electron chi connectivity index (χ0n) is 11.9. The highest BCUT2D eigenvalue weighted by Gasteiger charge is 2.12. The summed E-state index contributed by atoms with van der Waals surface area (Å²) in [7, 11) is 0. The van der Waals surface area contributed by atoms with E-state index in [-0.39, 0.29) is 0 Å². The van der Waals surface area contributed by atoms with Gasteiger partial charge in [-0.15, -0.1) is 0 Å². The minimum atomic E-state index is 0.611. The number of aryl methyl sites for hydroxylation is 1. The number of nitrogens with one attached hydrogen (secondary N) is 1. The average Bonchev–Trinajstić information content (AvgIpc) is 2.45. The number of benzene rings is 1. The van der Waals surface area contributed by atoms with E-state index >= 15 is 0 Å². The van der Waals surface area contributed by atoms with E-state index in [9.17, 15) is 0 Å². The molecule has 106 valence electrons. The van der Waals surface area contributed by atoms with Crippen molar-refractivity contribution in [1.82, 2.24) is 5.32 Å². The Hall–Kier alpha value is -1.26. The van der Waals surface area contributed by atoms with Gasteiger partial charge in [0.1, 0.15) is 12.4 Å². The fourth-order valence-corrected chi connectivity index (χ4v) is 2.34. The van der Waals surface area contributed by atoms with Crippen LogP contribution in [0.5, 0.6) is 5.75 Å².